The molecule has 52 heavy (non-hydrogen) atoms. The van der Waals surface area contributed by atoms with Crippen LogP contribution in [0.15, 0.2) is 107 Å². The maximum absolute atomic E-state index is 14.6. The zero-order chi connectivity index (χ0) is 36.8. The van der Waals surface area contributed by atoms with Crippen molar-refractivity contribution < 1.29 is 33.6 Å². The van der Waals surface area contributed by atoms with Crippen LogP contribution in [0.4, 0.5) is 0 Å². The average molecular weight is 707 g/mol. The predicted molar refractivity (Wildman–Crippen MR) is 197 cm³/mol. The molecule has 13 nitrogen and oxygen atoms in total. The molecule has 3 N–H and O–H groups in total. The first-order valence-electron chi connectivity index (χ1n) is 16.7. The molecule has 0 saturated carbocycles. The molecule has 0 saturated heterocycles. The second kappa shape index (κ2) is 18.3. The van der Waals surface area contributed by atoms with E-state index in [1.54, 1.807) is 24.3 Å². The Morgan fingerprint density at radius 2 is 1.71 bits per heavy atom. The third-order valence-corrected chi connectivity index (χ3v) is 8.43. The second-order valence-corrected chi connectivity index (χ2v) is 11.7. The van der Waals surface area contributed by atoms with Crippen LogP contribution in [0, 0.1) is 0 Å². The van der Waals surface area contributed by atoms with Crippen molar-refractivity contribution in [2.75, 3.05) is 34.5 Å². The lowest BCUT2D eigenvalue weighted by molar-refractivity contribution is -0.129. The Morgan fingerprint density at radius 1 is 1.00 bits per heavy atom. The van der Waals surface area contributed by atoms with E-state index in [1.807, 2.05) is 78.9 Å². The molecular formula is C39H42N6O7. The number of aliphatic hydroxyl groups excluding tert-OH is 1. The zero-order valence-electron chi connectivity index (χ0n) is 29.3. The highest BCUT2D eigenvalue weighted by atomic mass is 16.5. The molecule has 0 aromatic heterocycles. The Bertz CT molecular complexity index is 1890. The van der Waals surface area contributed by atoms with Gasteiger partial charge < -0.3 is 28.8 Å². The fourth-order valence-electron chi connectivity index (χ4n) is 5.84. The van der Waals surface area contributed by atoms with Crippen molar-refractivity contribution in [2.24, 2.45) is 10.1 Å². The van der Waals surface area contributed by atoms with Gasteiger partial charge >= 0.3 is 0 Å². The molecular weight excluding hydrogens is 664 g/mol. The lowest BCUT2D eigenvalue weighted by Gasteiger charge is -2.31. The fourth-order valence-corrected chi connectivity index (χ4v) is 5.84. The molecule has 13 heteroatoms. The maximum Gasteiger partial charge on any atom is 0.266 e. The first kappa shape index (κ1) is 37.3. The van der Waals surface area contributed by atoms with Gasteiger partial charge in [-0.05, 0) is 64.2 Å². The minimum atomic E-state index is -1.51. The summed E-state index contributed by atoms with van der Waals surface area (Å²) in [5.41, 5.74) is 17.3. The third kappa shape index (κ3) is 8.82. The van der Waals surface area contributed by atoms with Crippen molar-refractivity contribution in [3.05, 3.63) is 135 Å². The van der Waals surface area contributed by atoms with Crippen molar-refractivity contribution in [1.82, 2.24) is 10.9 Å². The Morgan fingerprint density at radius 3 is 2.38 bits per heavy atom. The lowest BCUT2D eigenvalue weighted by atomic mass is 9.82. The van der Waals surface area contributed by atoms with Crippen LogP contribution in [0.1, 0.15) is 46.8 Å². The molecule has 2 atom stereocenters. The molecule has 4 aromatic rings. The van der Waals surface area contributed by atoms with Crippen LogP contribution in [-0.4, -0.2) is 57.0 Å². The number of hydrogen-bond donors (Lipinski definition) is 3. The molecule has 1 heterocycles. The minimum Gasteiger partial charge on any atom is -0.494 e. The van der Waals surface area contributed by atoms with Crippen LogP contribution in [0.25, 0.3) is 16.5 Å². The van der Waals surface area contributed by atoms with E-state index in [9.17, 15) is 4.79 Å². The normalized spacial score (nSPS) is 16.4. The molecule has 0 bridgehead atoms. The molecule has 1 aliphatic heterocycles. The summed E-state index contributed by atoms with van der Waals surface area (Å²) in [6, 6.07) is 27.9. The number of ether oxygens (including phenoxy) is 5. The number of amides is 1. The van der Waals surface area contributed by atoms with Crippen LogP contribution < -0.4 is 29.8 Å². The molecule has 0 aliphatic carbocycles. The highest BCUT2D eigenvalue weighted by Gasteiger charge is 2.53. The number of hydrazine groups is 1. The lowest BCUT2D eigenvalue weighted by Crippen LogP contribution is -2.52. The van der Waals surface area contributed by atoms with E-state index in [2.05, 4.69) is 20.9 Å². The average Bonchev–Trinajstić information content (AvgIpc) is 3.57. The SMILES string of the molecule is COc1cc(CNNC(=O)[C@@]2(C/C=C/c3ccccc3)N=C(c3ccc(OCCCO)cc3)O[C@H]2c2ccccc2CN=[N+]=[N-])cc(OC)c1OC. The van der Waals surface area contributed by atoms with E-state index in [4.69, 9.17) is 39.3 Å². The van der Waals surface area contributed by atoms with Crippen molar-refractivity contribution >= 4 is 17.9 Å². The number of benzene rings is 4. The first-order valence-corrected chi connectivity index (χ1v) is 16.7. The summed E-state index contributed by atoms with van der Waals surface area (Å²) in [5, 5.41) is 12.9. The van der Waals surface area contributed by atoms with Crippen LogP contribution in [0.3, 0.4) is 0 Å². The van der Waals surface area contributed by atoms with Crippen molar-refractivity contribution in [3.8, 4) is 23.0 Å². The Labute approximate surface area is 302 Å². The number of methoxy groups -OCH3 is 3. The highest BCUT2D eigenvalue weighted by molar-refractivity contribution is 6.01. The van der Waals surface area contributed by atoms with Gasteiger partial charge in [0.15, 0.2) is 23.1 Å². The van der Waals surface area contributed by atoms with E-state index < -0.39 is 17.6 Å². The molecule has 270 valence electrons. The Hall–Kier alpha value is -6.01. The van der Waals surface area contributed by atoms with E-state index >= 15 is 0 Å². The summed E-state index contributed by atoms with van der Waals surface area (Å²) >= 11 is 0. The third-order valence-electron chi connectivity index (χ3n) is 8.43. The summed E-state index contributed by atoms with van der Waals surface area (Å²) in [6.07, 6.45) is 3.61. The standard InChI is InChI=1S/C39H42N6O7/c1-48-33-23-28(24-34(49-2)35(33)50-3)25-41-44-38(47)39(20-9-13-27-11-5-4-6-12-27)36(32-15-8-7-14-30(32)26-42-45-40)52-37(43-39)29-16-18-31(19-17-29)51-22-10-21-46/h4-9,11-19,23-24,36,41,46H,10,20-22,25-26H2,1-3H3,(H,44,47)/b13-9+/t36-,39-/m0/s1. The number of azide groups is 1. The van der Waals surface area contributed by atoms with Crippen molar-refractivity contribution in [2.45, 2.75) is 37.6 Å². The highest BCUT2D eigenvalue weighted by Crippen LogP contribution is 2.44. The molecule has 0 fully saturated rings. The summed E-state index contributed by atoms with van der Waals surface area (Å²) in [6.45, 7) is 0.674. The van der Waals surface area contributed by atoms with E-state index in [0.29, 0.717) is 52.7 Å². The maximum atomic E-state index is 14.6. The molecule has 0 radical (unpaired) electrons. The number of carbonyl (C=O) groups is 1. The fraction of sp³-hybridized carbons (Fsp3) is 0.282. The number of nitrogens with one attached hydrogen (secondary N) is 2. The Kier molecular flexibility index (Phi) is 13.1. The summed E-state index contributed by atoms with van der Waals surface area (Å²) in [5.74, 6) is 1.86. The minimum absolute atomic E-state index is 0.0332. The number of carbonyl (C=O) groups excluding carboxylic acids is 1. The molecule has 4 aromatic carbocycles. The zero-order valence-corrected chi connectivity index (χ0v) is 29.3. The van der Waals surface area contributed by atoms with Crippen LogP contribution in [0.5, 0.6) is 23.0 Å². The van der Waals surface area contributed by atoms with Gasteiger partial charge in [0.2, 0.25) is 11.6 Å². The quantitative estimate of drug-likeness (QED) is 0.0348. The predicted octanol–water partition coefficient (Wildman–Crippen LogP) is 6.47. The van der Waals surface area contributed by atoms with E-state index in [-0.39, 0.29) is 32.0 Å². The number of hydrogen-bond acceptors (Lipinski definition) is 10. The smallest absolute Gasteiger partial charge is 0.266 e. The molecule has 1 aliphatic rings. The van der Waals surface area contributed by atoms with Gasteiger partial charge in [0.05, 0.1) is 34.5 Å². The Balaban J connectivity index is 1.54. The van der Waals surface area contributed by atoms with Crippen molar-refractivity contribution in [1.29, 1.82) is 0 Å². The van der Waals surface area contributed by atoms with E-state index in [0.717, 1.165) is 11.1 Å². The van der Waals surface area contributed by atoms with Gasteiger partial charge in [0.1, 0.15) is 5.75 Å². The molecule has 5 rings (SSSR count). The number of aliphatic hydroxyl groups is 1. The first-order chi connectivity index (χ1) is 25.5. The molecule has 1 amide bonds. The molecule has 0 spiro atoms. The summed E-state index contributed by atoms with van der Waals surface area (Å²) in [7, 11) is 4.61. The van der Waals surface area contributed by atoms with Crippen LogP contribution >= 0.6 is 0 Å². The summed E-state index contributed by atoms with van der Waals surface area (Å²) < 4.78 is 28.8. The number of rotatable bonds is 18. The van der Waals surface area contributed by atoms with Gasteiger partial charge in [-0.15, -0.1) is 0 Å². The number of nitrogens with zero attached hydrogens (tertiary/aromatic N) is 4. The van der Waals surface area contributed by atoms with Crippen LogP contribution in [-0.2, 0) is 22.6 Å². The second-order valence-electron chi connectivity index (χ2n) is 11.7. The van der Waals surface area contributed by atoms with Gasteiger partial charge in [-0.2, -0.15) is 0 Å². The monoisotopic (exact) mass is 706 g/mol. The van der Waals surface area contributed by atoms with Gasteiger partial charge in [0.25, 0.3) is 5.91 Å². The van der Waals surface area contributed by atoms with Gasteiger partial charge in [-0.25, -0.2) is 10.4 Å². The van der Waals surface area contributed by atoms with Gasteiger partial charge in [0, 0.05) is 36.5 Å². The number of aliphatic imine (C=N–C) groups is 1. The van der Waals surface area contributed by atoms with E-state index in [1.165, 1.54) is 21.3 Å². The van der Waals surface area contributed by atoms with Crippen molar-refractivity contribution in [3.63, 3.8) is 0 Å². The molecule has 0 unspecified atom stereocenters. The van der Waals surface area contributed by atoms with Gasteiger partial charge in [-0.3, -0.25) is 10.2 Å². The van der Waals surface area contributed by atoms with Crippen LogP contribution in [0.2, 0.25) is 0 Å². The summed E-state index contributed by atoms with van der Waals surface area (Å²) in [4.78, 5) is 22.7. The largest absolute Gasteiger partial charge is 0.494 e. The topological polar surface area (TPSA) is 169 Å². The van der Waals surface area contributed by atoms with Gasteiger partial charge in [-0.1, -0.05) is 71.9 Å².